The van der Waals surface area contributed by atoms with Gasteiger partial charge in [-0.25, -0.2) is 0 Å². The van der Waals surface area contributed by atoms with Crippen LogP contribution in [0.2, 0.25) is 0 Å². The Labute approximate surface area is 131 Å². The summed E-state index contributed by atoms with van der Waals surface area (Å²) in [6.07, 6.45) is 3.98. The van der Waals surface area contributed by atoms with Gasteiger partial charge in [0.2, 0.25) is 0 Å². The molecule has 0 aliphatic heterocycles. The van der Waals surface area contributed by atoms with E-state index in [0.717, 1.165) is 23.5 Å². The molecule has 5 heteroatoms. The topological polar surface area (TPSA) is 35.6 Å². The molecule has 0 amide bonds. The Kier molecular flexibility index (Phi) is 3.60. The highest BCUT2D eigenvalue weighted by molar-refractivity contribution is 14.1. The summed E-state index contributed by atoms with van der Waals surface area (Å²) in [6.45, 7) is 2.74. The molecule has 3 rings (SSSR count). The van der Waals surface area contributed by atoms with Gasteiger partial charge in [-0.3, -0.25) is 9.36 Å². The molecule has 1 aromatic carbocycles. The Morgan fingerprint density at radius 1 is 1.15 bits per heavy atom. The number of aromatic nitrogens is 4. The number of hydrogen-bond acceptors (Lipinski definition) is 2. The maximum absolute atomic E-state index is 4.43. The molecule has 20 heavy (non-hydrogen) atoms. The van der Waals surface area contributed by atoms with Crippen LogP contribution in [0.4, 0.5) is 0 Å². The molecule has 2 heterocycles. The molecule has 0 atom stereocenters. The number of hydrogen-bond donors (Lipinski definition) is 0. The first-order chi connectivity index (χ1) is 9.61. The third-order valence-corrected chi connectivity index (χ3v) is 3.95. The van der Waals surface area contributed by atoms with Gasteiger partial charge in [-0.1, -0.05) is 12.1 Å². The molecule has 0 saturated carbocycles. The van der Waals surface area contributed by atoms with E-state index >= 15 is 0 Å². The molecule has 0 aliphatic rings. The Balaban J connectivity index is 1.83. The lowest BCUT2D eigenvalue weighted by Crippen LogP contribution is -2.05. The fourth-order valence-corrected chi connectivity index (χ4v) is 2.58. The Morgan fingerprint density at radius 3 is 2.55 bits per heavy atom. The highest BCUT2D eigenvalue weighted by Crippen LogP contribution is 2.20. The van der Waals surface area contributed by atoms with Crippen molar-refractivity contribution in [2.24, 2.45) is 7.05 Å². The van der Waals surface area contributed by atoms with Crippen LogP contribution in [-0.2, 0) is 13.6 Å². The molecular weight excluding hydrogens is 363 g/mol. The van der Waals surface area contributed by atoms with Crippen molar-refractivity contribution in [1.29, 1.82) is 0 Å². The minimum absolute atomic E-state index is 0.738. The number of nitrogens with zero attached hydrogens (tertiary/aromatic N) is 4. The Hall–Kier alpha value is -1.63. The quantitative estimate of drug-likeness (QED) is 0.656. The SMILES string of the molecule is Cc1cc(Cn2cc(-c3ccc(I)cc3)cn2)n(C)n1. The van der Waals surface area contributed by atoms with Gasteiger partial charge in [-0.05, 0) is 53.3 Å². The van der Waals surface area contributed by atoms with E-state index in [0.29, 0.717) is 0 Å². The first-order valence-corrected chi connectivity index (χ1v) is 7.47. The molecule has 4 nitrogen and oxygen atoms in total. The van der Waals surface area contributed by atoms with E-state index in [-0.39, 0.29) is 0 Å². The molecule has 0 radical (unpaired) electrons. The minimum atomic E-state index is 0.738. The zero-order chi connectivity index (χ0) is 14.1. The van der Waals surface area contributed by atoms with E-state index in [4.69, 9.17) is 0 Å². The summed E-state index contributed by atoms with van der Waals surface area (Å²) < 4.78 is 5.09. The van der Waals surface area contributed by atoms with Crippen LogP contribution in [0.15, 0.2) is 42.7 Å². The molecule has 102 valence electrons. The Morgan fingerprint density at radius 2 is 1.90 bits per heavy atom. The predicted molar refractivity (Wildman–Crippen MR) is 87.4 cm³/mol. The molecule has 0 bridgehead atoms. The van der Waals surface area contributed by atoms with Crippen molar-refractivity contribution in [2.75, 3.05) is 0 Å². The van der Waals surface area contributed by atoms with Crippen LogP contribution in [0.5, 0.6) is 0 Å². The van der Waals surface area contributed by atoms with Crippen LogP contribution in [0, 0.1) is 10.5 Å². The van der Waals surface area contributed by atoms with Crippen molar-refractivity contribution in [3.63, 3.8) is 0 Å². The van der Waals surface area contributed by atoms with Gasteiger partial charge in [0.05, 0.1) is 24.1 Å². The first kappa shape index (κ1) is 13.4. The average Bonchev–Trinajstić information content (AvgIpc) is 2.98. The van der Waals surface area contributed by atoms with Gasteiger partial charge < -0.3 is 0 Å². The average molecular weight is 378 g/mol. The molecule has 3 aromatic rings. The van der Waals surface area contributed by atoms with E-state index in [2.05, 4.69) is 69.3 Å². The molecule has 0 spiro atoms. The van der Waals surface area contributed by atoms with Gasteiger partial charge in [0.25, 0.3) is 0 Å². The van der Waals surface area contributed by atoms with Crippen LogP contribution in [0.3, 0.4) is 0 Å². The second-order valence-corrected chi connectivity index (χ2v) is 6.08. The van der Waals surface area contributed by atoms with Crippen molar-refractivity contribution >= 4 is 22.6 Å². The van der Waals surface area contributed by atoms with Gasteiger partial charge in [-0.2, -0.15) is 10.2 Å². The minimum Gasteiger partial charge on any atom is -0.270 e. The molecule has 2 aromatic heterocycles. The normalized spacial score (nSPS) is 10.9. The standard InChI is InChI=1S/C15H15IN4/c1-11-7-15(19(2)18-11)10-20-9-13(8-17-20)12-3-5-14(16)6-4-12/h3-9H,10H2,1-2H3. The van der Waals surface area contributed by atoms with Crippen LogP contribution < -0.4 is 0 Å². The number of aryl methyl sites for hydroxylation is 2. The fraction of sp³-hybridized carbons (Fsp3) is 0.200. The largest absolute Gasteiger partial charge is 0.270 e. The summed E-state index contributed by atoms with van der Waals surface area (Å²) in [4.78, 5) is 0. The van der Waals surface area contributed by atoms with E-state index in [1.54, 1.807) is 0 Å². The first-order valence-electron chi connectivity index (χ1n) is 6.40. The summed E-state index contributed by atoms with van der Waals surface area (Å²) in [5.74, 6) is 0. The van der Waals surface area contributed by atoms with Crippen molar-refractivity contribution in [3.05, 3.63) is 57.7 Å². The third kappa shape index (κ3) is 2.77. The molecule has 0 aliphatic carbocycles. The van der Waals surface area contributed by atoms with E-state index in [1.165, 1.54) is 9.13 Å². The van der Waals surface area contributed by atoms with Crippen LogP contribution in [-0.4, -0.2) is 19.6 Å². The summed E-state index contributed by atoms with van der Waals surface area (Å²) in [6, 6.07) is 10.6. The van der Waals surface area contributed by atoms with Gasteiger partial charge in [0, 0.05) is 22.4 Å². The van der Waals surface area contributed by atoms with Crippen molar-refractivity contribution in [1.82, 2.24) is 19.6 Å². The predicted octanol–water partition coefficient (Wildman–Crippen LogP) is 3.24. The lowest BCUT2D eigenvalue weighted by atomic mass is 10.1. The van der Waals surface area contributed by atoms with E-state index in [9.17, 15) is 0 Å². The summed E-state index contributed by atoms with van der Waals surface area (Å²) >= 11 is 2.31. The number of halogens is 1. The second-order valence-electron chi connectivity index (χ2n) is 4.83. The molecule has 0 fully saturated rings. The fourth-order valence-electron chi connectivity index (χ4n) is 2.22. The maximum atomic E-state index is 4.43. The number of benzene rings is 1. The van der Waals surface area contributed by atoms with Gasteiger partial charge in [0.1, 0.15) is 0 Å². The van der Waals surface area contributed by atoms with Crippen molar-refractivity contribution in [3.8, 4) is 11.1 Å². The van der Waals surface area contributed by atoms with Crippen LogP contribution in [0.25, 0.3) is 11.1 Å². The lowest BCUT2D eigenvalue weighted by molar-refractivity contribution is 0.619. The smallest absolute Gasteiger partial charge is 0.0828 e. The van der Waals surface area contributed by atoms with Crippen molar-refractivity contribution in [2.45, 2.75) is 13.5 Å². The molecule has 0 saturated heterocycles. The lowest BCUT2D eigenvalue weighted by Gasteiger charge is -2.01. The van der Waals surface area contributed by atoms with Crippen LogP contribution >= 0.6 is 22.6 Å². The molecular formula is C15H15IN4. The zero-order valence-corrected chi connectivity index (χ0v) is 13.6. The highest BCUT2D eigenvalue weighted by Gasteiger charge is 2.06. The van der Waals surface area contributed by atoms with E-state index < -0.39 is 0 Å². The summed E-state index contributed by atoms with van der Waals surface area (Å²) in [5.41, 5.74) is 4.52. The summed E-state index contributed by atoms with van der Waals surface area (Å²) in [5, 5.41) is 8.79. The van der Waals surface area contributed by atoms with Gasteiger partial charge in [0.15, 0.2) is 0 Å². The summed E-state index contributed by atoms with van der Waals surface area (Å²) in [7, 11) is 1.96. The van der Waals surface area contributed by atoms with Gasteiger partial charge >= 0.3 is 0 Å². The maximum Gasteiger partial charge on any atom is 0.0828 e. The second kappa shape index (κ2) is 5.40. The van der Waals surface area contributed by atoms with E-state index in [1.807, 2.05) is 29.5 Å². The molecule has 0 unspecified atom stereocenters. The van der Waals surface area contributed by atoms with Crippen LogP contribution in [0.1, 0.15) is 11.4 Å². The zero-order valence-electron chi connectivity index (χ0n) is 11.4. The third-order valence-electron chi connectivity index (χ3n) is 3.23. The highest BCUT2D eigenvalue weighted by atomic mass is 127. The number of rotatable bonds is 3. The Bertz CT molecular complexity index is 725. The van der Waals surface area contributed by atoms with Crippen molar-refractivity contribution < 1.29 is 0 Å². The molecule has 0 N–H and O–H groups in total. The van der Waals surface area contributed by atoms with Gasteiger partial charge in [-0.15, -0.1) is 0 Å². The monoisotopic (exact) mass is 378 g/mol.